The van der Waals surface area contributed by atoms with E-state index >= 15 is 0 Å². The number of fused-ring (bicyclic) bond motifs is 1. The van der Waals surface area contributed by atoms with Gasteiger partial charge < -0.3 is 10.4 Å². The van der Waals surface area contributed by atoms with Gasteiger partial charge in [-0.15, -0.1) is 5.10 Å². The Morgan fingerprint density at radius 1 is 1.33 bits per heavy atom. The lowest BCUT2D eigenvalue weighted by atomic mass is 9.90. The van der Waals surface area contributed by atoms with Gasteiger partial charge in [0.25, 0.3) is 0 Å². The van der Waals surface area contributed by atoms with Crippen LogP contribution in [0.25, 0.3) is 0 Å². The number of benzene rings is 1. The fraction of sp³-hybridized carbons (Fsp3) is 0.400. The molecule has 1 aliphatic carbocycles. The van der Waals surface area contributed by atoms with Crippen LogP contribution in [0, 0.1) is 0 Å². The summed E-state index contributed by atoms with van der Waals surface area (Å²) in [5.41, 5.74) is 4.03. The van der Waals surface area contributed by atoms with E-state index in [0.29, 0.717) is 13.1 Å². The monoisotopic (exact) mass is 286 g/mol. The summed E-state index contributed by atoms with van der Waals surface area (Å²) in [6.07, 6.45) is 6.26. The van der Waals surface area contributed by atoms with Crippen LogP contribution in [-0.4, -0.2) is 32.6 Å². The molecule has 6 heteroatoms. The topological polar surface area (TPSA) is 80.0 Å². The van der Waals surface area contributed by atoms with Crippen LogP contribution in [0.15, 0.2) is 24.4 Å². The first kappa shape index (κ1) is 13.6. The van der Waals surface area contributed by atoms with Crippen molar-refractivity contribution < 1.29 is 9.90 Å². The average Bonchev–Trinajstić information content (AvgIpc) is 2.97. The van der Waals surface area contributed by atoms with Gasteiger partial charge >= 0.3 is 5.97 Å². The number of nitrogens with one attached hydrogen (secondary N) is 1. The lowest BCUT2D eigenvalue weighted by Crippen LogP contribution is -2.14. The Hall–Kier alpha value is -2.37. The fourth-order valence-electron chi connectivity index (χ4n) is 2.76. The lowest BCUT2D eigenvalue weighted by Gasteiger charge is -2.20. The van der Waals surface area contributed by atoms with Crippen LogP contribution < -0.4 is 5.32 Å². The number of anilines is 1. The van der Waals surface area contributed by atoms with Crippen molar-refractivity contribution in [2.75, 3.05) is 11.9 Å². The molecule has 0 amide bonds. The number of aryl methyl sites for hydroxylation is 1. The van der Waals surface area contributed by atoms with E-state index in [1.54, 1.807) is 4.68 Å². The van der Waals surface area contributed by atoms with Crippen LogP contribution in [0.4, 0.5) is 5.69 Å². The maximum Gasteiger partial charge on any atom is 0.358 e. The summed E-state index contributed by atoms with van der Waals surface area (Å²) in [5.74, 6) is -1.05. The van der Waals surface area contributed by atoms with E-state index < -0.39 is 5.97 Å². The Bertz CT molecular complexity index is 651. The highest BCUT2D eigenvalue weighted by molar-refractivity contribution is 5.84. The zero-order valence-electron chi connectivity index (χ0n) is 11.7. The summed E-state index contributed by atoms with van der Waals surface area (Å²) in [4.78, 5) is 10.7. The third-order valence-electron chi connectivity index (χ3n) is 3.81. The molecule has 0 fully saturated rings. The molecule has 110 valence electrons. The number of hydrogen-bond acceptors (Lipinski definition) is 4. The lowest BCUT2D eigenvalue weighted by molar-refractivity contribution is 0.0690. The second kappa shape index (κ2) is 5.95. The Morgan fingerprint density at radius 2 is 2.19 bits per heavy atom. The Balaban J connectivity index is 1.61. The molecule has 2 N–H and O–H groups in total. The molecule has 1 aliphatic rings. The van der Waals surface area contributed by atoms with Crippen molar-refractivity contribution >= 4 is 11.7 Å². The maximum atomic E-state index is 10.7. The van der Waals surface area contributed by atoms with Crippen LogP contribution in [-0.2, 0) is 19.4 Å². The molecule has 1 aromatic carbocycles. The summed E-state index contributed by atoms with van der Waals surface area (Å²) in [6.45, 7) is 1.28. The molecule has 0 aliphatic heterocycles. The third-order valence-corrected chi connectivity index (χ3v) is 3.81. The van der Waals surface area contributed by atoms with Gasteiger partial charge in [-0.05, 0) is 42.9 Å². The highest BCUT2D eigenvalue weighted by Gasteiger charge is 2.12. The molecule has 1 heterocycles. The zero-order chi connectivity index (χ0) is 14.7. The number of nitrogens with zero attached hydrogens (tertiary/aromatic N) is 3. The second-order valence-corrected chi connectivity index (χ2v) is 5.25. The molecule has 3 rings (SSSR count). The number of carboxylic acids is 1. The van der Waals surface area contributed by atoms with Crippen LogP contribution in [0.3, 0.4) is 0 Å². The summed E-state index contributed by atoms with van der Waals surface area (Å²) in [6, 6.07) is 6.40. The Morgan fingerprint density at radius 3 is 3.00 bits per heavy atom. The summed E-state index contributed by atoms with van der Waals surface area (Å²) in [7, 11) is 0. The van der Waals surface area contributed by atoms with Crippen molar-refractivity contribution in [3.05, 3.63) is 41.2 Å². The summed E-state index contributed by atoms with van der Waals surface area (Å²) < 4.78 is 1.55. The van der Waals surface area contributed by atoms with Crippen LogP contribution in [0.2, 0.25) is 0 Å². The van der Waals surface area contributed by atoms with Gasteiger partial charge in [0.15, 0.2) is 5.69 Å². The predicted octanol–water partition coefficient (Wildman–Crippen LogP) is 1.97. The third kappa shape index (κ3) is 3.04. The van der Waals surface area contributed by atoms with E-state index in [2.05, 4.69) is 33.8 Å². The molecule has 0 unspecified atom stereocenters. The van der Waals surface area contributed by atoms with Gasteiger partial charge in [0.05, 0.1) is 12.7 Å². The predicted molar refractivity (Wildman–Crippen MR) is 78.6 cm³/mol. The van der Waals surface area contributed by atoms with Gasteiger partial charge in [-0.3, -0.25) is 0 Å². The quantitative estimate of drug-likeness (QED) is 0.878. The van der Waals surface area contributed by atoms with Gasteiger partial charge in [-0.1, -0.05) is 17.3 Å². The smallest absolute Gasteiger partial charge is 0.358 e. The molecular formula is C15H18N4O2. The van der Waals surface area contributed by atoms with Gasteiger partial charge in [-0.2, -0.15) is 0 Å². The van der Waals surface area contributed by atoms with Crippen LogP contribution >= 0.6 is 0 Å². The molecule has 6 nitrogen and oxygen atoms in total. The van der Waals surface area contributed by atoms with Crippen LogP contribution in [0.5, 0.6) is 0 Å². The molecule has 1 aromatic heterocycles. The number of carbonyl (C=O) groups is 1. The molecule has 0 saturated carbocycles. The summed E-state index contributed by atoms with van der Waals surface area (Å²) in [5, 5.41) is 19.6. The van der Waals surface area contributed by atoms with Gasteiger partial charge in [-0.25, -0.2) is 9.48 Å². The molecule has 0 spiro atoms. The van der Waals surface area contributed by atoms with E-state index in [0.717, 1.165) is 12.8 Å². The van der Waals surface area contributed by atoms with Crippen molar-refractivity contribution in [1.29, 1.82) is 0 Å². The fourth-order valence-corrected chi connectivity index (χ4v) is 2.76. The molecule has 2 aromatic rings. The normalized spacial score (nSPS) is 13.7. The first-order valence-corrected chi connectivity index (χ1v) is 7.22. The van der Waals surface area contributed by atoms with Crippen molar-refractivity contribution in [3.8, 4) is 0 Å². The van der Waals surface area contributed by atoms with Crippen LogP contribution in [0.1, 0.15) is 34.5 Å². The number of carboxylic acid groups (broad SMARTS) is 1. The minimum Gasteiger partial charge on any atom is -0.476 e. The van der Waals surface area contributed by atoms with E-state index in [1.165, 1.54) is 35.9 Å². The minimum absolute atomic E-state index is 0.0212. The van der Waals surface area contributed by atoms with Crippen molar-refractivity contribution in [3.63, 3.8) is 0 Å². The van der Waals surface area contributed by atoms with E-state index in [1.807, 2.05) is 0 Å². The van der Waals surface area contributed by atoms with E-state index in [9.17, 15) is 4.79 Å². The number of aromatic nitrogens is 3. The van der Waals surface area contributed by atoms with E-state index in [4.69, 9.17) is 5.11 Å². The summed E-state index contributed by atoms with van der Waals surface area (Å²) >= 11 is 0. The number of hydrogen-bond donors (Lipinski definition) is 2. The second-order valence-electron chi connectivity index (χ2n) is 5.25. The highest BCUT2D eigenvalue weighted by Crippen LogP contribution is 2.27. The standard InChI is InChI=1S/C15H18N4O2/c20-15(21)14-10-19(18-17-14)9-8-16-13-7-3-5-11-4-1-2-6-12(11)13/h3,5,7,10,16H,1-2,4,6,8-9H2,(H,20,21). The SMILES string of the molecule is O=C(O)c1cn(CCNc2cccc3c2CCCC3)nn1. The van der Waals surface area contributed by atoms with Crippen molar-refractivity contribution in [2.24, 2.45) is 0 Å². The van der Waals surface area contributed by atoms with Crippen molar-refractivity contribution in [1.82, 2.24) is 15.0 Å². The Kier molecular flexibility index (Phi) is 3.85. The minimum atomic E-state index is -1.05. The first-order chi connectivity index (χ1) is 10.2. The van der Waals surface area contributed by atoms with E-state index in [-0.39, 0.29) is 5.69 Å². The first-order valence-electron chi connectivity index (χ1n) is 7.22. The number of rotatable bonds is 5. The van der Waals surface area contributed by atoms with Gasteiger partial charge in [0.2, 0.25) is 0 Å². The Labute approximate surface area is 122 Å². The molecule has 0 radical (unpaired) electrons. The van der Waals surface area contributed by atoms with Gasteiger partial charge in [0, 0.05) is 12.2 Å². The maximum absolute atomic E-state index is 10.7. The van der Waals surface area contributed by atoms with Crippen molar-refractivity contribution in [2.45, 2.75) is 32.2 Å². The molecular weight excluding hydrogens is 268 g/mol. The molecule has 21 heavy (non-hydrogen) atoms. The van der Waals surface area contributed by atoms with Gasteiger partial charge in [0.1, 0.15) is 0 Å². The average molecular weight is 286 g/mol. The molecule has 0 bridgehead atoms. The zero-order valence-corrected chi connectivity index (χ0v) is 11.7. The largest absolute Gasteiger partial charge is 0.476 e. The molecule has 0 saturated heterocycles. The molecule has 0 atom stereocenters. The highest BCUT2D eigenvalue weighted by atomic mass is 16.4. The number of aromatic carboxylic acids is 1.